The van der Waals surface area contributed by atoms with Crippen molar-refractivity contribution < 1.29 is 13.2 Å². The molecule has 2 N–H and O–H groups in total. The Morgan fingerprint density at radius 1 is 1.12 bits per heavy atom. The molecule has 2 heterocycles. The van der Waals surface area contributed by atoms with E-state index >= 15 is 0 Å². The van der Waals surface area contributed by atoms with Crippen LogP contribution in [0.1, 0.15) is 42.2 Å². The molecule has 2 aromatic rings. The van der Waals surface area contributed by atoms with Crippen LogP contribution in [0.15, 0.2) is 39.2 Å². The highest BCUT2D eigenvalue weighted by Gasteiger charge is 2.31. The molecule has 0 radical (unpaired) electrons. The van der Waals surface area contributed by atoms with Gasteiger partial charge in [-0.25, -0.2) is 13.2 Å². The molecule has 2 aromatic heterocycles. The smallest absolute Gasteiger partial charge is 0.315 e. The van der Waals surface area contributed by atoms with E-state index in [1.807, 2.05) is 11.4 Å². The number of urea groups is 1. The molecule has 0 aromatic carbocycles. The summed E-state index contributed by atoms with van der Waals surface area (Å²) in [6.07, 6.45) is 5.48. The summed E-state index contributed by atoms with van der Waals surface area (Å²) < 4.78 is 26.2. The minimum Gasteiger partial charge on any atom is -0.336 e. The quantitative estimate of drug-likeness (QED) is 0.773. The van der Waals surface area contributed by atoms with Crippen molar-refractivity contribution in [2.75, 3.05) is 6.54 Å². The van der Waals surface area contributed by atoms with E-state index in [9.17, 15) is 13.2 Å². The number of hydrogen-bond acceptors (Lipinski definition) is 5. The largest absolute Gasteiger partial charge is 0.336 e. The first-order chi connectivity index (χ1) is 12.1. The maximum absolute atomic E-state index is 12.9. The van der Waals surface area contributed by atoms with Crippen LogP contribution < -0.4 is 10.6 Å². The van der Waals surface area contributed by atoms with Crippen LogP contribution in [0.4, 0.5) is 4.79 Å². The van der Waals surface area contributed by atoms with Crippen LogP contribution >= 0.6 is 22.7 Å². The van der Waals surface area contributed by atoms with Crippen molar-refractivity contribution in [2.45, 2.75) is 47.6 Å². The average molecular weight is 399 g/mol. The minimum absolute atomic E-state index is 0.0687. The van der Waals surface area contributed by atoms with Gasteiger partial charge in [0.1, 0.15) is 9.46 Å². The summed E-state index contributed by atoms with van der Waals surface area (Å²) in [6.45, 7) is 0.0687. The molecule has 3 rings (SSSR count). The zero-order chi connectivity index (χ0) is 17.7. The molecule has 136 valence electrons. The van der Waals surface area contributed by atoms with Crippen LogP contribution in [0, 0.1) is 0 Å². The first-order valence-electron chi connectivity index (χ1n) is 8.42. The van der Waals surface area contributed by atoms with Crippen LogP contribution in [0.3, 0.4) is 0 Å². The molecule has 0 spiro atoms. The van der Waals surface area contributed by atoms with Crippen LogP contribution in [0.25, 0.3) is 0 Å². The van der Waals surface area contributed by atoms with Gasteiger partial charge >= 0.3 is 6.03 Å². The maximum atomic E-state index is 12.9. The third-order valence-corrected chi connectivity index (χ3v) is 9.05. The highest BCUT2D eigenvalue weighted by molar-refractivity contribution is 7.93. The number of hydrogen-bond donors (Lipinski definition) is 2. The molecule has 1 atom stereocenters. The molecule has 0 unspecified atom stereocenters. The predicted molar refractivity (Wildman–Crippen MR) is 102 cm³/mol. The number of sulfone groups is 1. The number of carbonyl (C=O) groups excluding carboxylic acids is 1. The first kappa shape index (κ1) is 18.4. The molecular formula is C17H22N2O3S3. The van der Waals surface area contributed by atoms with Crippen molar-refractivity contribution >= 4 is 38.5 Å². The van der Waals surface area contributed by atoms with Crippen LogP contribution in [-0.4, -0.2) is 27.0 Å². The van der Waals surface area contributed by atoms with E-state index < -0.39 is 15.1 Å². The van der Waals surface area contributed by atoms with Gasteiger partial charge in [-0.2, -0.15) is 0 Å². The summed E-state index contributed by atoms with van der Waals surface area (Å²) in [5, 5.41) is 8.58. The highest BCUT2D eigenvalue weighted by Crippen LogP contribution is 2.33. The van der Waals surface area contributed by atoms with Gasteiger partial charge in [-0.05, 0) is 35.7 Å². The van der Waals surface area contributed by atoms with Crippen molar-refractivity contribution in [2.24, 2.45) is 0 Å². The second-order valence-corrected chi connectivity index (χ2v) is 10.5. The Balaban J connectivity index is 1.68. The standard InChI is InChI=1S/C17H22N2O3S3/c20-17(19-13-6-2-1-3-7-13)18-12-15(14-8-4-10-23-14)25(21,22)16-9-5-11-24-16/h4-5,8-11,13,15H,1-3,6-7,12H2,(H2,18,19,20)/t15-/m1/s1. The SMILES string of the molecule is O=C(NC[C@H](c1cccs1)S(=O)(=O)c1cccs1)NC1CCCCC1. The molecule has 2 amide bonds. The van der Waals surface area contributed by atoms with Gasteiger partial charge in [-0.1, -0.05) is 31.4 Å². The summed E-state index contributed by atoms with van der Waals surface area (Å²) >= 11 is 2.60. The zero-order valence-corrected chi connectivity index (χ0v) is 16.3. The van der Waals surface area contributed by atoms with Gasteiger partial charge in [0.2, 0.25) is 0 Å². The third kappa shape index (κ3) is 4.62. The normalized spacial score (nSPS) is 17.1. The molecule has 1 aliphatic rings. The van der Waals surface area contributed by atoms with Crippen LogP contribution in [0.2, 0.25) is 0 Å². The van der Waals surface area contributed by atoms with Crippen molar-refractivity contribution in [1.82, 2.24) is 10.6 Å². The Bertz CT molecular complexity index is 764. The third-order valence-electron chi connectivity index (χ3n) is 4.40. The second-order valence-electron chi connectivity index (χ2n) is 6.17. The Morgan fingerprint density at radius 3 is 2.48 bits per heavy atom. The monoisotopic (exact) mass is 398 g/mol. The Morgan fingerprint density at radius 2 is 1.84 bits per heavy atom. The van der Waals surface area contributed by atoms with E-state index in [-0.39, 0.29) is 18.6 Å². The maximum Gasteiger partial charge on any atom is 0.315 e. The van der Waals surface area contributed by atoms with E-state index in [2.05, 4.69) is 10.6 Å². The molecule has 0 bridgehead atoms. The molecule has 0 saturated heterocycles. The Kier molecular flexibility index (Phi) is 6.14. The molecule has 1 aliphatic carbocycles. The molecule has 1 fully saturated rings. The fourth-order valence-corrected chi connectivity index (χ4v) is 7.06. The van der Waals surface area contributed by atoms with Crippen molar-refractivity contribution in [3.63, 3.8) is 0 Å². The van der Waals surface area contributed by atoms with Gasteiger partial charge in [-0.15, -0.1) is 22.7 Å². The lowest BCUT2D eigenvalue weighted by atomic mass is 9.96. The Labute approximate surface area is 156 Å². The average Bonchev–Trinajstić information content (AvgIpc) is 3.30. The van der Waals surface area contributed by atoms with E-state index in [0.29, 0.717) is 4.21 Å². The van der Waals surface area contributed by atoms with Gasteiger partial charge in [0.05, 0.1) is 0 Å². The van der Waals surface area contributed by atoms with E-state index in [0.717, 1.165) is 30.6 Å². The van der Waals surface area contributed by atoms with Gasteiger partial charge < -0.3 is 10.6 Å². The van der Waals surface area contributed by atoms with Crippen LogP contribution in [-0.2, 0) is 9.84 Å². The van der Waals surface area contributed by atoms with Crippen molar-refractivity contribution in [3.05, 3.63) is 39.9 Å². The predicted octanol–water partition coefficient (Wildman–Crippen LogP) is 3.96. The number of carbonyl (C=O) groups is 1. The van der Waals surface area contributed by atoms with Crippen molar-refractivity contribution in [3.8, 4) is 0 Å². The van der Waals surface area contributed by atoms with Gasteiger partial charge in [0.15, 0.2) is 9.84 Å². The van der Waals surface area contributed by atoms with Gasteiger partial charge in [0.25, 0.3) is 0 Å². The summed E-state index contributed by atoms with van der Waals surface area (Å²) in [5.41, 5.74) is 0. The molecule has 25 heavy (non-hydrogen) atoms. The lowest BCUT2D eigenvalue weighted by Gasteiger charge is -2.23. The first-order valence-corrected chi connectivity index (χ1v) is 11.7. The van der Waals surface area contributed by atoms with E-state index in [1.165, 1.54) is 29.1 Å². The fourth-order valence-electron chi connectivity index (χ4n) is 3.07. The minimum atomic E-state index is -3.52. The number of amides is 2. The van der Waals surface area contributed by atoms with Gasteiger partial charge in [-0.3, -0.25) is 0 Å². The molecule has 1 saturated carbocycles. The highest BCUT2D eigenvalue weighted by atomic mass is 32.2. The Hall–Kier alpha value is -1.38. The van der Waals surface area contributed by atoms with E-state index in [1.54, 1.807) is 23.6 Å². The summed E-state index contributed by atoms with van der Waals surface area (Å²) in [4.78, 5) is 12.9. The summed E-state index contributed by atoms with van der Waals surface area (Å²) in [7, 11) is -3.52. The summed E-state index contributed by atoms with van der Waals surface area (Å²) in [5.74, 6) is 0. The molecule has 8 heteroatoms. The summed E-state index contributed by atoms with van der Waals surface area (Å²) in [6, 6.07) is 6.90. The second kappa shape index (κ2) is 8.33. The number of rotatable bonds is 6. The van der Waals surface area contributed by atoms with Crippen molar-refractivity contribution in [1.29, 1.82) is 0 Å². The van der Waals surface area contributed by atoms with E-state index in [4.69, 9.17) is 0 Å². The molecule has 5 nitrogen and oxygen atoms in total. The molecular weight excluding hydrogens is 376 g/mol. The van der Waals surface area contributed by atoms with Gasteiger partial charge in [0, 0.05) is 17.5 Å². The molecule has 0 aliphatic heterocycles. The lowest BCUT2D eigenvalue weighted by molar-refractivity contribution is 0.232. The number of thiophene rings is 2. The zero-order valence-electron chi connectivity index (χ0n) is 13.8. The topological polar surface area (TPSA) is 75.3 Å². The fraction of sp³-hybridized carbons (Fsp3) is 0.471. The van der Waals surface area contributed by atoms with Crippen LogP contribution in [0.5, 0.6) is 0 Å². The lowest BCUT2D eigenvalue weighted by Crippen LogP contribution is -2.44. The number of nitrogens with one attached hydrogen (secondary N) is 2.